The number of carbonyl (C=O) groups is 2. The molecular formula is C21H30N2O4. The van der Waals surface area contributed by atoms with E-state index < -0.39 is 5.60 Å². The number of alkyl carbamates (subject to hydrolysis) is 1. The van der Waals surface area contributed by atoms with Crippen molar-refractivity contribution in [3.63, 3.8) is 0 Å². The molecule has 1 aliphatic carbocycles. The zero-order valence-electron chi connectivity index (χ0n) is 16.4. The molecule has 2 atom stereocenters. The van der Waals surface area contributed by atoms with E-state index in [1.165, 1.54) is 0 Å². The van der Waals surface area contributed by atoms with Crippen molar-refractivity contribution in [3.8, 4) is 0 Å². The first-order chi connectivity index (χ1) is 12.8. The van der Waals surface area contributed by atoms with Gasteiger partial charge >= 0.3 is 12.2 Å². The predicted molar refractivity (Wildman–Crippen MR) is 102 cm³/mol. The van der Waals surface area contributed by atoms with Crippen molar-refractivity contribution in [3.05, 3.63) is 35.9 Å². The average Bonchev–Trinajstić information content (AvgIpc) is 2.85. The SMILES string of the molecule is CC(C)(C)OC(=O)N1CC2CCC(C1)C2CNC(=O)OCc1ccccc1. The number of benzene rings is 1. The lowest BCUT2D eigenvalue weighted by Gasteiger charge is -2.38. The van der Waals surface area contributed by atoms with Gasteiger partial charge in [0.15, 0.2) is 0 Å². The van der Waals surface area contributed by atoms with Gasteiger partial charge in [-0.2, -0.15) is 0 Å². The highest BCUT2D eigenvalue weighted by atomic mass is 16.6. The van der Waals surface area contributed by atoms with E-state index in [0.717, 1.165) is 18.4 Å². The Morgan fingerprint density at radius 1 is 1.11 bits per heavy atom. The highest BCUT2D eigenvalue weighted by Gasteiger charge is 2.44. The molecule has 0 aromatic heterocycles. The maximum absolute atomic E-state index is 12.3. The van der Waals surface area contributed by atoms with Crippen LogP contribution in [0, 0.1) is 17.8 Å². The number of nitrogens with zero attached hydrogens (tertiary/aromatic N) is 1. The lowest BCUT2D eigenvalue weighted by Crippen LogP contribution is -2.49. The summed E-state index contributed by atoms with van der Waals surface area (Å²) in [6, 6.07) is 9.64. The highest BCUT2D eigenvalue weighted by molar-refractivity contribution is 5.68. The van der Waals surface area contributed by atoms with E-state index in [2.05, 4.69) is 5.32 Å². The van der Waals surface area contributed by atoms with Gasteiger partial charge in [-0.25, -0.2) is 9.59 Å². The number of likely N-dealkylation sites (tertiary alicyclic amines) is 1. The van der Waals surface area contributed by atoms with Crippen LogP contribution in [0.1, 0.15) is 39.2 Å². The molecule has 1 aromatic rings. The van der Waals surface area contributed by atoms with Gasteiger partial charge in [-0.15, -0.1) is 0 Å². The Labute approximate surface area is 161 Å². The summed E-state index contributed by atoms with van der Waals surface area (Å²) in [4.78, 5) is 26.2. The number of hydrogen-bond acceptors (Lipinski definition) is 4. The van der Waals surface area contributed by atoms with Crippen LogP contribution in [0.2, 0.25) is 0 Å². The number of carbonyl (C=O) groups excluding carboxylic acids is 2. The van der Waals surface area contributed by atoms with Crippen molar-refractivity contribution < 1.29 is 19.1 Å². The van der Waals surface area contributed by atoms with E-state index in [1.54, 1.807) is 0 Å². The van der Waals surface area contributed by atoms with Crippen molar-refractivity contribution in [2.75, 3.05) is 19.6 Å². The van der Waals surface area contributed by atoms with Crippen LogP contribution in [0.25, 0.3) is 0 Å². The number of nitrogens with one attached hydrogen (secondary N) is 1. The summed E-state index contributed by atoms with van der Waals surface area (Å²) in [7, 11) is 0. The fourth-order valence-corrected chi connectivity index (χ4v) is 4.12. The summed E-state index contributed by atoms with van der Waals surface area (Å²) in [5.41, 5.74) is 0.496. The Hall–Kier alpha value is -2.24. The number of amides is 2. The van der Waals surface area contributed by atoms with E-state index in [1.807, 2.05) is 56.0 Å². The van der Waals surface area contributed by atoms with Gasteiger partial charge < -0.3 is 19.7 Å². The molecule has 1 aliphatic heterocycles. The van der Waals surface area contributed by atoms with Gasteiger partial charge in [0.05, 0.1) is 0 Å². The van der Waals surface area contributed by atoms with Crippen LogP contribution in [0.3, 0.4) is 0 Å². The van der Waals surface area contributed by atoms with Crippen molar-refractivity contribution in [2.24, 2.45) is 17.8 Å². The minimum atomic E-state index is -0.475. The fourth-order valence-electron chi connectivity index (χ4n) is 4.12. The van der Waals surface area contributed by atoms with Crippen LogP contribution in [0.15, 0.2) is 30.3 Å². The second-order valence-corrected chi connectivity index (χ2v) is 8.59. The van der Waals surface area contributed by atoms with Crippen LogP contribution in [-0.4, -0.2) is 42.3 Å². The molecule has 2 aliphatic rings. The molecule has 6 heteroatoms. The van der Waals surface area contributed by atoms with Gasteiger partial charge in [0.1, 0.15) is 12.2 Å². The Balaban J connectivity index is 1.44. The third kappa shape index (κ3) is 5.37. The van der Waals surface area contributed by atoms with E-state index in [-0.39, 0.29) is 18.8 Å². The molecule has 1 heterocycles. The first-order valence-corrected chi connectivity index (χ1v) is 9.74. The lowest BCUT2D eigenvalue weighted by atomic mass is 9.85. The van der Waals surface area contributed by atoms with Crippen molar-refractivity contribution >= 4 is 12.2 Å². The van der Waals surface area contributed by atoms with Crippen molar-refractivity contribution in [1.82, 2.24) is 10.2 Å². The molecule has 3 rings (SSSR count). The van der Waals surface area contributed by atoms with Crippen molar-refractivity contribution in [1.29, 1.82) is 0 Å². The Morgan fingerprint density at radius 3 is 2.33 bits per heavy atom. The van der Waals surface area contributed by atoms with Crippen LogP contribution in [0.4, 0.5) is 9.59 Å². The summed E-state index contributed by atoms with van der Waals surface area (Å²) in [6.07, 6.45) is 1.57. The van der Waals surface area contributed by atoms with E-state index in [0.29, 0.717) is 37.4 Å². The summed E-state index contributed by atoms with van der Waals surface area (Å²) in [6.45, 7) is 7.95. The number of rotatable bonds is 4. The maximum atomic E-state index is 12.3. The molecule has 1 N–H and O–H groups in total. The standard InChI is InChI=1S/C21H30N2O4/c1-21(2,3)27-20(25)23-12-16-9-10-17(13-23)18(16)11-22-19(24)26-14-15-7-5-4-6-8-15/h4-8,16-18H,9-14H2,1-3H3,(H,22,24). The van der Waals surface area contributed by atoms with E-state index in [4.69, 9.17) is 9.47 Å². The largest absolute Gasteiger partial charge is 0.445 e. The van der Waals surface area contributed by atoms with Gasteiger partial charge in [0.2, 0.25) is 0 Å². The quantitative estimate of drug-likeness (QED) is 0.870. The van der Waals surface area contributed by atoms with Gasteiger partial charge in [0, 0.05) is 19.6 Å². The van der Waals surface area contributed by atoms with Crippen LogP contribution in [0.5, 0.6) is 0 Å². The fraction of sp³-hybridized carbons (Fsp3) is 0.619. The second-order valence-electron chi connectivity index (χ2n) is 8.59. The van der Waals surface area contributed by atoms with Crippen molar-refractivity contribution in [2.45, 2.75) is 45.8 Å². The molecule has 2 bridgehead atoms. The van der Waals surface area contributed by atoms with E-state index in [9.17, 15) is 9.59 Å². The first kappa shape index (κ1) is 19.5. The Kier molecular flexibility index (Phi) is 5.92. The smallest absolute Gasteiger partial charge is 0.410 e. The highest BCUT2D eigenvalue weighted by Crippen LogP contribution is 2.41. The van der Waals surface area contributed by atoms with E-state index >= 15 is 0 Å². The minimum absolute atomic E-state index is 0.229. The zero-order valence-corrected chi connectivity index (χ0v) is 16.4. The first-order valence-electron chi connectivity index (χ1n) is 9.74. The molecular weight excluding hydrogens is 344 g/mol. The van der Waals surface area contributed by atoms with Crippen LogP contribution >= 0.6 is 0 Å². The maximum Gasteiger partial charge on any atom is 0.410 e. The van der Waals surface area contributed by atoms with Gasteiger partial charge in [-0.3, -0.25) is 0 Å². The zero-order chi connectivity index (χ0) is 19.4. The number of fused-ring (bicyclic) bond motifs is 2. The summed E-state index contributed by atoms with van der Waals surface area (Å²) in [5, 5.41) is 2.91. The van der Waals surface area contributed by atoms with Gasteiger partial charge in [-0.1, -0.05) is 30.3 Å². The Bertz CT molecular complexity index is 642. The minimum Gasteiger partial charge on any atom is -0.445 e. The molecule has 2 amide bonds. The average molecular weight is 374 g/mol. The molecule has 1 saturated heterocycles. The molecule has 148 valence electrons. The molecule has 2 unspecified atom stereocenters. The van der Waals surface area contributed by atoms with Gasteiger partial charge in [-0.05, 0) is 56.9 Å². The van der Waals surface area contributed by atoms with Crippen LogP contribution < -0.4 is 5.32 Å². The predicted octanol–water partition coefficient (Wildman–Crippen LogP) is 3.81. The third-order valence-corrected chi connectivity index (χ3v) is 5.38. The number of ether oxygens (including phenoxy) is 2. The third-order valence-electron chi connectivity index (χ3n) is 5.38. The Morgan fingerprint density at radius 2 is 1.74 bits per heavy atom. The van der Waals surface area contributed by atoms with Gasteiger partial charge in [0.25, 0.3) is 0 Å². The molecule has 27 heavy (non-hydrogen) atoms. The molecule has 2 fully saturated rings. The molecule has 1 aromatic carbocycles. The molecule has 1 saturated carbocycles. The summed E-state index contributed by atoms with van der Waals surface area (Å²) < 4.78 is 10.8. The topological polar surface area (TPSA) is 67.9 Å². The molecule has 0 radical (unpaired) electrons. The monoisotopic (exact) mass is 374 g/mol. The molecule has 0 spiro atoms. The summed E-state index contributed by atoms with van der Waals surface area (Å²) >= 11 is 0. The second kappa shape index (κ2) is 8.19. The normalized spacial score (nSPS) is 24.4. The number of piperidine rings is 1. The number of hydrogen-bond donors (Lipinski definition) is 1. The molecule has 6 nitrogen and oxygen atoms in total. The summed E-state index contributed by atoms with van der Waals surface area (Å²) in [5.74, 6) is 1.21. The lowest BCUT2D eigenvalue weighted by molar-refractivity contribution is 0.00786. The van der Waals surface area contributed by atoms with Crippen LogP contribution in [-0.2, 0) is 16.1 Å².